The fraction of sp³-hybridized carbons (Fsp3) is 0.455. The van der Waals surface area contributed by atoms with Crippen LogP contribution in [0.15, 0.2) is 18.3 Å². The molecule has 0 radical (unpaired) electrons. The van der Waals surface area contributed by atoms with E-state index in [9.17, 15) is 4.79 Å². The lowest BCUT2D eigenvalue weighted by atomic mass is 10.2. The van der Waals surface area contributed by atoms with Crippen molar-refractivity contribution in [3.63, 3.8) is 0 Å². The summed E-state index contributed by atoms with van der Waals surface area (Å²) < 4.78 is 0. The predicted octanol–water partition coefficient (Wildman–Crippen LogP) is 1.34. The smallest absolute Gasteiger partial charge is 0.237 e. The van der Waals surface area contributed by atoms with Crippen molar-refractivity contribution in [3.8, 4) is 0 Å². The van der Waals surface area contributed by atoms with Gasteiger partial charge >= 0.3 is 0 Å². The van der Waals surface area contributed by atoms with Crippen LogP contribution in [-0.4, -0.2) is 42.8 Å². The zero-order valence-electron chi connectivity index (χ0n) is 9.77. The summed E-state index contributed by atoms with van der Waals surface area (Å²) in [6.07, 6.45) is 1.77. The topological polar surface area (TPSA) is 36.4 Å². The first-order chi connectivity index (χ1) is 7.54. The molecule has 4 nitrogen and oxygen atoms in total. The van der Waals surface area contributed by atoms with Gasteiger partial charge in [-0.15, -0.1) is 11.6 Å². The lowest BCUT2D eigenvalue weighted by molar-refractivity contribution is -0.127. The third kappa shape index (κ3) is 3.38. The number of halogens is 1. The van der Waals surface area contributed by atoms with Crippen LogP contribution < -0.4 is 4.90 Å². The number of hydrogen-bond acceptors (Lipinski definition) is 3. The van der Waals surface area contributed by atoms with Gasteiger partial charge in [0.1, 0.15) is 11.7 Å². The van der Waals surface area contributed by atoms with Crippen LogP contribution in [0.2, 0.25) is 0 Å². The first kappa shape index (κ1) is 12.8. The normalized spacial score (nSPS) is 10.0. The molecule has 1 aromatic heterocycles. The number of pyridine rings is 1. The third-order valence-electron chi connectivity index (χ3n) is 2.23. The summed E-state index contributed by atoms with van der Waals surface area (Å²) in [6.45, 7) is 0.534. The number of alkyl halides is 1. The summed E-state index contributed by atoms with van der Waals surface area (Å²) >= 11 is 5.47. The van der Waals surface area contributed by atoms with E-state index >= 15 is 0 Å². The molecule has 88 valence electrons. The Labute approximate surface area is 101 Å². The van der Waals surface area contributed by atoms with Crippen molar-refractivity contribution in [1.29, 1.82) is 0 Å². The quantitative estimate of drug-likeness (QED) is 0.747. The molecule has 0 N–H and O–H groups in total. The van der Waals surface area contributed by atoms with E-state index in [-0.39, 0.29) is 11.8 Å². The van der Waals surface area contributed by atoms with Crippen LogP contribution in [0, 0.1) is 0 Å². The summed E-state index contributed by atoms with van der Waals surface area (Å²) in [5, 5.41) is 0. The maximum Gasteiger partial charge on any atom is 0.237 e. The number of aromatic nitrogens is 1. The molecule has 0 spiro atoms. The highest BCUT2D eigenvalue weighted by atomic mass is 35.5. The van der Waals surface area contributed by atoms with Crippen LogP contribution in [0.25, 0.3) is 0 Å². The number of anilines is 1. The van der Waals surface area contributed by atoms with Gasteiger partial charge < -0.3 is 9.80 Å². The summed E-state index contributed by atoms with van der Waals surface area (Å²) in [5.74, 6) is 0.827. The molecule has 0 bridgehead atoms. The van der Waals surface area contributed by atoms with Crippen LogP contribution >= 0.6 is 11.6 Å². The molecule has 16 heavy (non-hydrogen) atoms. The molecular weight excluding hydrogens is 226 g/mol. The maximum atomic E-state index is 11.3. The van der Waals surface area contributed by atoms with E-state index in [1.807, 2.05) is 31.1 Å². The van der Waals surface area contributed by atoms with Crippen molar-refractivity contribution in [2.24, 2.45) is 0 Å². The average molecular weight is 242 g/mol. The van der Waals surface area contributed by atoms with Crippen molar-refractivity contribution in [2.75, 3.05) is 31.9 Å². The van der Waals surface area contributed by atoms with Gasteiger partial charge in [-0.1, -0.05) is 6.07 Å². The molecule has 1 rings (SSSR count). The van der Waals surface area contributed by atoms with Gasteiger partial charge in [-0.2, -0.15) is 0 Å². The van der Waals surface area contributed by atoms with Crippen molar-refractivity contribution in [3.05, 3.63) is 23.9 Å². The highest BCUT2D eigenvalue weighted by Gasteiger charge is 2.07. The minimum Gasteiger partial charge on any atom is -0.363 e. The van der Waals surface area contributed by atoms with Crippen LogP contribution in [0.3, 0.4) is 0 Å². The molecule has 0 aromatic carbocycles. The van der Waals surface area contributed by atoms with Gasteiger partial charge in [0.25, 0.3) is 0 Å². The first-order valence-corrected chi connectivity index (χ1v) is 5.50. The van der Waals surface area contributed by atoms with Crippen molar-refractivity contribution in [2.45, 2.75) is 6.54 Å². The number of rotatable bonds is 4. The van der Waals surface area contributed by atoms with Gasteiger partial charge in [0, 0.05) is 33.9 Å². The number of amides is 1. The Morgan fingerprint density at radius 1 is 1.38 bits per heavy atom. The van der Waals surface area contributed by atoms with E-state index in [2.05, 4.69) is 4.98 Å². The average Bonchev–Trinajstić information content (AvgIpc) is 2.28. The van der Waals surface area contributed by atoms with Gasteiger partial charge in [-0.25, -0.2) is 4.98 Å². The van der Waals surface area contributed by atoms with Gasteiger partial charge in [-0.3, -0.25) is 4.79 Å². The Morgan fingerprint density at radius 3 is 2.50 bits per heavy atom. The molecular formula is C11H16ClN3O. The number of nitrogens with zero attached hydrogens (tertiary/aromatic N) is 3. The highest BCUT2D eigenvalue weighted by molar-refractivity contribution is 6.27. The second-order valence-electron chi connectivity index (χ2n) is 3.80. The number of carbonyl (C=O) groups excluding carboxylic acids is 1. The molecule has 5 heteroatoms. The van der Waals surface area contributed by atoms with E-state index in [1.165, 1.54) is 0 Å². The van der Waals surface area contributed by atoms with Crippen LogP contribution in [0.5, 0.6) is 0 Å². The standard InChI is InChI=1S/C11H16ClN3O/c1-14(2)10-5-4-9(7-13-10)8-15(3)11(16)6-12/h4-5,7H,6,8H2,1-3H3. The zero-order chi connectivity index (χ0) is 12.1. The monoisotopic (exact) mass is 241 g/mol. The van der Waals surface area contributed by atoms with Crippen LogP contribution in [0.4, 0.5) is 5.82 Å². The highest BCUT2D eigenvalue weighted by Crippen LogP contribution is 2.09. The summed E-state index contributed by atoms with van der Waals surface area (Å²) in [5.41, 5.74) is 0.992. The molecule has 0 saturated heterocycles. The van der Waals surface area contributed by atoms with Crippen LogP contribution in [0.1, 0.15) is 5.56 Å². The molecule has 1 heterocycles. The molecule has 0 saturated carbocycles. The largest absolute Gasteiger partial charge is 0.363 e. The molecule has 0 fully saturated rings. The SMILES string of the molecule is CN(Cc1ccc(N(C)C)nc1)C(=O)CCl. The Kier molecular flexibility index (Phi) is 4.55. The second kappa shape index (κ2) is 5.70. The number of carbonyl (C=O) groups is 1. The van der Waals surface area contributed by atoms with Crippen molar-refractivity contribution in [1.82, 2.24) is 9.88 Å². The summed E-state index contributed by atoms with van der Waals surface area (Å²) in [7, 11) is 5.60. The number of hydrogen-bond donors (Lipinski definition) is 0. The van der Waals surface area contributed by atoms with Gasteiger partial charge in [0.15, 0.2) is 0 Å². The Balaban J connectivity index is 2.65. The van der Waals surface area contributed by atoms with Gasteiger partial charge in [0.2, 0.25) is 5.91 Å². The summed E-state index contributed by atoms with van der Waals surface area (Å²) in [6, 6.07) is 3.88. The van der Waals surface area contributed by atoms with Gasteiger partial charge in [0.05, 0.1) is 0 Å². The van der Waals surface area contributed by atoms with Crippen molar-refractivity contribution >= 4 is 23.3 Å². The molecule has 0 unspecified atom stereocenters. The van der Waals surface area contributed by atoms with E-state index in [1.54, 1.807) is 18.1 Å². The van der Waals surface area contributed by atoms with Crippen LogP contribution in [-0.2, 0) is 11.3 Å². The summed E-state index contributed by atoms with van der Waals surface area (Å²) in [4.78, 5) is 19.0. The van der Waals surface area contributed by atoms with Gasteiger partial charge in [-0.05, 0) is 11.6 Å². The van der Waals surface area contributed by atoms with E-state index in [4.69, 9.17) is 11.6 Å². The lowest BCUT2D eigenvalue weighted by Crippen LogP contribution is -2.27. The van der Waals surface area contributed by atoms with E-state index in [0.717, 1.165) is 11.4 Å². The third-order valence-corrected chi connectivity index (χ3v) is 2.46. The Bertz CT molecular complexity index is 351. The molecule has 1 amide bonds. The molecule has 0 atom stereocenters. The Hall–Kier alpha value is -1.29. The maximum absolute atomic E-state index is 11.3. The van der Waals surface area contributed by atoms with Crippen molar-refractivity contribution < 1.29 is 4.79 Å². The Morgan fingerprint density at radius 2 is 2.06 bits per heavy atom. The molecule has 1 aromatic rings. The second-order valence-corrected chi connectivity index (χ2v) is 4.07. The minimum atomic E-state index is -0.0849. The predicted molar refractivity (Wildman–Crippen MR) is 65.8 cm³/mol. The van der Waals surface area contributed by atoms with E-state index < -0.39 is 0 Å². The zero-order valence-corrected chi connectivity index (χ0v) is 10.5. The van der Waals surface area contributed by atoms with E-state index in [0.29, 0.717) is 6.54 Å². The molecule has 0 aliphatic heterocycles. The fourth-order valence-corrected chi connectivity index (χ4v) is 1.44. The fourth-order valence-electron chi connectivity index (χ4n) is 1.24. The molecule has 0 aliphatic rings. The molecule has 0 aliphatic carbocycles. The lowest BCUT2D eigenvalue weighted by Gasteiger charge is -2.16. The minimum absolute atomic E-state index is 0.0136. The first-order valence-electron chi connectivity index (χ1n) is 4.96.